The molecule has 6 nitrogen and oxygen atoms in total. The van der Waals surface area contributed by atoms with E-state index in [1.807, 2.05) is 28.8 Å². The van der Waals surface area contributed by atoms with Gasteiger partial charge in [-0.05, 0) is 49.2 Å². The third kappa shape index (κ3) is 5.22. The fourth-order valence-corrected chi connectivity index (χ4v) is 4.59. The number of carbonyl (C=O) groups excluding carboxylic acids is 1. The van der Waals surface area contributed by atoms with Crippen molar-refractivity contribution in [2.75, 3.05) is 0 Å². The van der Waals surface area contributed by atoms with Crippen LogP contribution in [-0.2, 0) is 17.9 Å². The molecule has 0 spiro atoms. The van der Waals surface area contributed by atoms with E-state index in [1.54, 1.807) is 18.4 Å². The van der Waals surface area contributed by atoms with Crippen LogP contribution in [0.3, 0.4) is 0 Å². The zero-order valence-electron chi connectivity index (χ0n) is 15.9. The number of benzene rings is 1. The van der Waals surface area contributed by atoms with Crippen molar-refractivity contribution < 1.29 is 13.9 Å². The number of hydrogen-bond acceptors (Lipinski definition) is 6. The summed E-state index contributed by atoms with van der Waals surface area (Å²) in [5.41, 5.74) is 0. The number of halogens is 1. The maximum absolute atomic E-state index is 12.5. The van der Waals surface area contributed by atoms with Crippen molar-refractivity contribution in [3.05, 3.63) is 59.3 Å². The van der Waals surface area contributed by atoms with E-state index in [4.69, 9.17) is 20.8 Å². The highest BCUT2D eigenvalue weighted by Gasteiger charge is 2.25. The van der Waals surface area contributed by atoms with Crippen molar-refractivity contribution in [1.82, 2.24) is 14.8 Å². The van der Waals surface area contributed by atoms with E-state index < -0.39 is 0 Å². The monoisotopic (exact) mass is 431 g/mol. The normalized spacial score (nSPS) is 17.3. The van der Waals surface area contributed by atoms with E-state index in [9.17, 15) is 4.79 Å². The molecule has 29 heavy (non-hydrogen) atoms. The number of hydrogen-bond donors (Lipinski definition) is 0. The second-order valence-electron chi connectivity index (χ2n) is 6.98. The molecule has 4 rings (SSSR count). The number of carbonyl (C=O) groups is 1. The van der Waals surface area contributed by atoms with Crippen LogP contribution >= 0.6 is 23.4 Å². The molecular weight excluding hydrogens is 410 g/mol. The van der Waals surface area contributed by atoms with Gasteiger partial charge in [0, 0.05) is 11.4 Å². The Kier molecular flexibility index (Phi) is 6.56. The third-order valence-electron chi connectivity index (χ3n) is 4.87. The lowest BCUT2D eigenvalue weighted by Gasteiger charge is -2.14. The first-order chi connectivity index (χ1) is 14.2. The maximum atomic E-state index is 12.5. The average Bonchev–Trinajstić information content (AvgIpc) is 3.32. The Morgan fingerprint density at radius 3 is 2.83 bits per heavy atom. The van der Waals surface area contributed by atoms with Gasteiger partial charge in [-0.1, -0.05) is 36.2 Å². The fourth-order valence-electron chi connectivity index (χ4n) is 3.29. The van der Waals surface area contributed by atoms with E-state index >= 15 is 0 Å². The quantitative estimate of drug-likeness (QED) is 0.482. The molecule has 152 valence electrons. The first-order valence-corrected chi connectivity index (χ1v) is 11.0. The molecule has 8 heteroatoms. The molecule has 1 atom stereocenters. The largest absolute Gasteiger partial charge is 0.486 e. The average molecular weight is 432 g/mol. The minimum absolute atomic E-state index is 0.0675. The van der Waals surface area contributed by atoms with Crippen LogP contribution in [-0.4, -0.2) is 25.8 Å². The van der Waals surface area contributed by atoms with Crippen LogP contribution in [0.25, 0.3) is 0 Å². The summed E-state index contributed by atoms with van der Waals surface area (Å²) in [6.45, 7) is 0.747. The number of Topliss-reactive ketones (excluding diaryl/α,β-unsaturated/α-hetero) is 1. The summed E-state index contributed by atoms with van der Waals surface area (Å²) >= 11 is 7.43. The second-order valence-corrected chi connectivity index (χ2v) is 8.59. The highest BCUT2D eigenvalue weighted by molar-refractivity contribution is 8.00. The first-order valence-electron chi connectivity index (χ1n) is 9.71. The van der Waals surface area contributed by atoms with Gasteiger partial charge in [0.15, 0.2) is 11.0 Å². The lowest BCUT2D eigenvalue weighted by Crippen LogP contribution is -2.17. The number of ketones is 1. The van der Waals surface area contributed by atoms with Crippen molar-refractivity contribution in [3.8, 4) is 5.75 Å². The van der Waals surface area contributed by atoms with Crippen LogP contribution in [0.1, 0.15) is 43.7 Å². The molecule has 0 N–H and O–H groups in total. The molecule has 1 aliphatic rings. The van der Waals surface area contributed by atoms with Crippen LogP contribution in [0.4, 0.5) is 0 Å². The Bertz CT molecular complexity index is 941. The highest BCUT2D eigenvalue weighted by atomic mass is 35.5. The highest BCUT2D eigenvalue weighted by Crippen LogP contribution is 2.31. The van der Waals surface area contributed by atoms with Gasteiger partial charge in [-0.15, -0.1) is 10.2 Å². The van der Waals surface area contributed by atoms with Gasteiger partial charge in [-0.3, -0.25) is 9.36 Å². The van der Waals surface area contributed by atoms with Crippen molar-refractivity contribution in [3.63, 3.8) is 0 Å². The summed E-state index contributed by atoms with van der Waals surface area (Å²) in [7, 11) is 0. The third-order valence-corrected chi connectivity index (χ3v) is 6.41. The van der Waals surface area contributed by atoms with Crippen LogP contribution < -0.4 is 4.74 Å². The number of nitrogens with zero attached hydrogens (tertiary/aromatic N) is 3. The van der Waals surface area contributed by atoms with E-state index in [1.165, 1.54) is 11.8 Å². The molecule has 3 aromatic rings. The summed E-state index contributed by atoms with van der Waals surface area (Å²) in [6, 6.07) is 11.0. The molecule has 0 saturated heterocycles. The zero-order chi connectivity index (χ0) is 20.1. The number of rotatable bonds is 7. The predicted molar refractivity (Wildman–Crippen MR) is 111 cm³/mol. The van der Waals surface area contributed by atoms with Gasteiger partial charge in [0.2, 0.25) is 0 Å². The van der Waals surface area contributed by atoms with Gasteiger partial charge in [0.25, 0.3) is 0 Å². The Morgan fingerprint density at radius 1 is 1.17 bits per heavy atom. The van der Waals surface area contributed by atoms with Gasteiger partial charge in [-0.2, -0.15) is 0 Å². The lowest BCUT2D eigenvalue weighted by atomic mass is 10.2. The molecule has 2 heterocycles. The van der Waals surface area contributed by atoms with Crippen LogP contribution in [0, 0.1) is 0 Å². The Labute approximate surface area is 178 Å². The second kappa shape index (κ2) is 9.50. The standard InChI is InChI=1S/C21H22ClN3O3S/c22-15-8-10-16(11-9-15)28-14-20-23-24-21(25(20)13-17-5-4-12-27-17)29-19-7-3-1-2-6-18(19)26/h4-5,8-12,19H,1-3,6-7,13-14H2/t19-/m1/s1. The molecule has 1 fully saturated rings. The molecule has 1 aromatic carbocycles. The molecule has 2 aromatic heterocycles. The summed E-state index contributed by atoms with van der Waals surface area (Å²) in [6.07, 6.45) is 6.34. The van der Waals surface area contributed by atoms with E-state index in [0.29, 0.717) is 35.3 Å². The molecule has 0 aliphatic heterocycles. The molecule has 0 amide bonds. The Morgan fingerprint density at radius 2 is 2.03 bits per heavy atom. The summed E-state index contributed by atoms with van der Waals surface area (Å²) < 4.78 is 13.3. The van der Waals surface area contributed by atoms with Crippen molar-refractivity contribution in [2.45, 2.75) is 55.7 Å². The number of thioether (sulfide) groups is 1. The molecule has 1 aliphatic carbocycles. The smallest absolute Gasteiger partial charge is 0.192 e. The fraction of sp³-hybridized carbons (Fsp3) is 0.381. The lowest BCUT2D eigenvalue weighted by molar-refractivity contribution is -0.118. The molecule has 1 saturated carbocycles. The van der Waals surface area contributed by atoms with Crippen LogP contribution in [0.5, 0.6) is 5.75 Å². The van der Waals surface area contributed by atoms with Crippen LogP contribution in [0.15, 0.2) is 52.2 Å². The predicted octanol–water partition coefficient (Wildman–Crippen LogP) is 5.15. The number of ether oxygens (including phenoxy) is 1. The van der Waals surface area contributed by atoms with Crippen molar-refractivity contribution in [2.24, 2.45) is 0 Å². The van der Waals surface area contributed by atoms with Gasteiger partial charge in [0.1, 0.15) is 23.9 Å². The van der Waals surface area contributed by atoms with Gasteiger partial charge in [-0.25, -0.2) is 0 Å². The van der Waals surface area contributed by atoms with Crippen molar-refractivity contribution in [1.29, 1.82) is 0 Å². The van der Waals surface area contributed by atoms with Gasteiger partial charge >= 0.3 is 0 Å². The molecular formula is C21H22ClN3O3S. The van der Waals surface area contributed by atoms with Crippen LogP contribution in [0.2, 0.25) is 5.02 Å². The summed E-state index contributed by atoms with van der Waals surface area (Å²) in [4.78, 5) is 12.5. The molecule has 0 radical (unpaired) electrons. The van der Waals surface area contributed by atoms with E-state index in [2.05, 4.69) is 10.2 Å². The van der Waals surface area contributed by atoms with Gasteiger partial charge in [0.05, 0.1) is 18.1 Å². The number of aromatic nitrogens is 3. The minimum Gasteiger partial charge on any atom is -0.486 e. The van der Waals surface area contributed by atoms with E-state index in [-0.39, 0.29) is 11.9 Å². The molecule has 0 unspecified atom stereocenters. The first kappa shape index (κ1) is 20.0. The minimum atomic E-state index is -0.0675. The Balaban J connectivity index is 1.54. The topological polar surface area (TPSA) is 70.2 Å². The van der Waals surface area contributed by atoms with Gasteiger partial charge < -0.3 is 9.15 Å². The summed E-state index contributed by atoms with van der Waals surface area (Å²) in [5, 5.41) is 10.0. The maximum Gasteiger partial charge on any atom is 0.192 e. The Hall–Kier alpha value is -2.25. The zero-order valence-corrected chi connectivity index (χ0v) is 17.5. The van der Waals surface area contributed by atoms with Crippen molar-refractivity contribution >= 4 is 29.1 Å². The SMILES string of the molecule is O=C1CCCCC[C@H]1Sc1nnc(COc2ccc(Cl)cc2)n1Cc1ccco1. The molecule has 0 bridgehead atoms. The van der Waals surface area contributed by atoms with E-state index in [0.717, 1.165) is 36.6 Å². The number of furan rings is 1. The summed E-state index contributed by atoms with van der Waals surface area (Å²) in [5.74, 6) is 2.49.